The molecule has 2 aromatic rings. The molecule has 0 aliphatic heterocycles. The first kappa shape index (κ1) is 11.1. The van der Waals surface area contributed by atoms with Gasteiger partial charge in [0.05, 0.1) is 6.61 Å². The van der Waals surface area contributed by atoms with Crippen molar-refractivity contribution in [1.82, 2.24) is 4.98 Å². The highest BCUT2D eigenvalue weighted by Gasteiger charge is 2.05. The van der Waals surface area contributed by atoms with Gasteiger partial charge in [-0.15, -0.1) is 0 Å². The first-order valence-corrected chi connectivity index (χ1v) is 5.06. The van der Waals surface area contributed by atoms with Crippen LogP contribution in [0, 0.1) is 11.3 Å². The fourth-order valence-corrected chi connectivity index (χ4v) is 1.39. The van der Waals surface area contributed by atoms with Gasteiger partial charge in [0.25, 0.3) is 0 Å². The average Bonchev–Trinajstić information content (AvgIpc) is 2.39. The molecule has 1 N–H and O–H groups in total. The molecule has 1 heterocycles. The lowest BCUT2D eigenvalue weighted by atomic mass is 10.2. The highest BCUT2D eigenvalue weighted by atomic mass is 16.5. The van der Waals surface area contributed by atoms with E-state index in [1.54, 1.807) is 36.4 Å². The zero-order chi connectivity index (χ0) is 12.1. The predicted octanol–water partition coefficient (Wildman–Crippen LogP) is 2.24. The molecule has 0 aliphatic rings. The number of hydrogen-bond acceptors (Lipinski definition) is 4. The van der Waals surface area contributed by atoms with Crippen LogP contribution < -0.4 is 4.74 Å². The largest absolute Gasteiger partial charge is 0.454 e. The summed E-state index contributed by atoms with van der Waals surface area (Å²) in [5.74, 6) is 0.978. The molecule has 0 aliphatic carbocycles. The number of nitrogens with zero attached hydrogens (tertiary/aromatic N) is 2. The number of nitriles is 1. The standard InChI is InChI=1S/C13H10N2O2/c14-8-12-13(5-2-6-15-12)17-11-4-1-3-10(7-11)9-16/h1-7,16H,9H2. The van der Waals surface area contributed by atoms with Gasteiger partial charge in [-0.05, 0) is 29.8 Å². The molecule has 2 rings (SSSR count). The van der Waals surface area contributed by atoms with Gasteiger partial charge in [0.2, 0.25) is 0 Å². The summed E-state index contributed by atoms with van der Waals surface area (Å²) in [6, 6.07) is 12.4. The first-order valence-electron chi connectivity index (χ1n) is 5.06. The van der Waals surface area contributed by atoms with Crippen molar-refractivity contribution in [2.45, 2.75) is 6.61 Å². The predicted molar refractivity (Wildman–Crippen MR) is 61.4 cm³/mol. The number of aliphatic hydroxyl groups excluding tert-OH is 1. The van der Waals surface area contributed by atoms with E-state index in [9.17, 15) is 0 Å². The Hall–Kier alpha value is -2.38. The average molecular weight is 226 g/mol. The zero-order valence-corrected chi connectivity index (χ0v) is 9.00. The van der Waals surface area contributed by atoms with Gasteiger partial charge in [-0.25, -0.2) is 4.98 Å². The Morgan fingerprint density at radius 3 is 2.94 bits per heavy atom. The van der Waals surface area contributed by atoms with Crippen LogP contribution in [-0.4, -0.2) is 10.1 Å². The van der Waals surface area contributed by atoms with Crippen LogP contribution in [0.3, 0.4) is 0 Å². The summed E-state index contributed by atoms with van der Waals surface area (Å²) in [7, 11) is 0. The van der Waals surface area contributed by atoms with Gasteiger partial charge in [-0.2, -0.15) is 5.26 Å². The van der Waals surface area contributed by atoms with Gasteiger partial charge >= 0.3 is 0 Å². The van der Waals surface area contributed by atoms with Crippen LogP contribution in [0.5, 0.6) is 11.5 Å². The summed E-state index contributed by atoms with van der Waals surface area (Å²) >= 11 is 0. The monoisotopic (exact) mass is 226 g/mol. The number of ether oxygens (including phenoxy) is 1. The molecule has 4 nitrogen and oxygen atoms in total. The molecular formula is C13H10N2O2. The normalized spacial score (nSPS) is 9.65. The van der Waals surface area contributed by atoms with E-state index in [0.717, 1.165) is 5.56 Å². The van der Waals surface area contributed by atoms with E-state index in [1.807, 2.05) is 6.07 Å². The topological polar surface area (TPSA) is 66.1 Å². The lowest BCUT2D eigenvalue weighted by Gasteiger charge is -2.07. The quantitative estimate of drug-likeness (QED) is 0.871. The molecular weight excluding hydrogens is 216 g/mol. The van der Waals surface area contributed by atoms with E-state index in [1.165, 1.54) is 6.20 Å². The van der Waals surface area contributed by atoms with Crippen LogP contribution in [0.4, 0.5) is 0 Å². The maximum absolute atomic E-state index is 9.01. The van der Waals surface area contributed by atoms with Gasteiger partial charge in [-0.3, -0.25) is 0 Å². The molecule has 0 radical (unpaired) electrons. The molecule has 0 atom stereocenters. The smallest absolute Gasteiger partial charge is 0.183 e. The maximum Gasteiger partial charge on any atom is 0.183 e. The van der Waals surface area contributed by atoms with Crippen LogP contribution in [0.15, 0.2) is 42.6 Å². The van der Waals surface area contributed by atoms with Gasteiger partial charge < -0.3 is 9.84 Å². The summed E-state index contributed by atoms with van der Waals surface area (Å²) in [4.78, 5) is 3.90. The van der Waals surface area contributed by atoms with Crippen LogP contribution in [0.25, 0.3) is 0 Å². The van der Waals surface area contributed by atoms with Crippen molar-refractivity contribution < 1.29 is 9.84 Å². The summed E-state index contributed by atoms with van der Waals surface area (Å²) < 4.78 is 5.55. The first-order chi connectivity index (χ1) is 8.33. The number of hydrogen-bond donors (Lipinski definition) is 1. The molecule has 84 valence electrons. The molecule has 0 saturated heterocycles. The van der Waals surface area contributed by atoms with Crippen LogP contribution in [-0.2, 0) is 6.61 Å². The number of rotatable bonds is 3. The number of benzene rings is 1. The number of aliphatic hydroxyl groups is 1. The van der Waals surface area contributed by atoms with Gasteiger partial charge in [0.15, 0.2) is 11.4 Å². The maximum atomic E-state index is 9.01. The molecule has 0 unspecified atom stereocenters. The zero-order valence-electron chi connectivity index (χ0n) is 9.00. The molecule has 17 heavy (non-hydrogen) atoms. The van der Waals surface area contributed by atoms with E-state index in [2.05, 4.69) is 4.98 Å². The van der Waals surface area contributed by atoms with Crippen molar-refractivity contribution in [3.8, 4) is 17.6 Å². The fourth-order valence-electron chi connectivity index (χ4n) is 1.39. The molecule has 0 bridgehead atoms. The summed E-state index contributed by atoms with van der Waals surface area (Å²) in [6.07, 6.45) is 1.54. The molecule has 0 amide bonds. The Bertz CT molecular complexity index is 561. The highest BCUT2D eigenvalue weighted by molar-refractivity contribution is 5.40. The third kappa shape index (κ3) is 2.60. The Morgan fingerprint density at radius 2 is 2.18 bits per heavy atom. The minimum absolute atomic E-state index is 0.0463. The van der Waals surface area contributed by atoms with E-state index in [4.69, 9.17) is 15.1 Å². The Kier molecular flexibility index (Phi) is 3.34. The highest BCUT2D eigenvalue weighted by Crippen LogP contribution is 2.24. The molecule has 0 fully saturated rings. The SMILES string of the molecule is N#Cc1ncccc1Oc1cccc(CO)c1. The van der Waals surface area contributed by atoms with Gasteiger partial charge in [-0.1, -0.05) is 12.1 Å². The van der Waals surface area contributed by atoms with Gasteiger partial charge in [0, 0.05) is 6.20 Å². The molecule has 0 spiro atoms. The number of pyridine rings is 1. The second-order valence-corrected chi connectivity index (χ2v) is 3.37. The van der Waals surface area contributed by atoms with Crippen molar-refractivity contribution in [2.75, 3.05) is 0 Å². The summed E-state index contributed by atoms with van der Waals surface area (Å²) in [5.41, 5.74) is 0.992. The molecule has 0 saturated carbocycles. The Morgan fingerprint density at radius 1 is 1.29 bits per heavy atom. The fraction of sp³-hybridized carbons (Fsp3) is 0.0769. The van der Waals surface area contributed by atoms with Crippen molar-refractivity contribution >= 4 is 0 Å². The summed E-state index contributed by atoms with van der Waals surface area (Å²) in [5, 5.41) is 17.9. The molecule has 1 aromatic heterocycles. The third-order valence-corrected chi connectivity index (χ3v) is 2.19. The number of aromatic nitrogens is 1. The minimum atomic E-state index is -0.0463. The minimum Gasteiger partial charge on any atom is -0.454 e. The van der Waals surface area contributed by atoms with E-state index >= 15 is 0 Å². The van der Waals surface area contributed by atoms with Crippen LogP contribution in [0.1, 0.15) is 11.3 Å². The Labute approximate surface area is 98.7 Å². The summed E-state index contributed by atoms with van der Waals surface area (Å²) in [6.45, 7) is -0.0463. The second-order valence-electron chi connectivity index (χ2n) is 3.37. The van der Waals surface area contributed by atoms with Gasteiger partial charge in [0.1, 0.15) is 11.8 Å². The van der Waals surface area contributed by atoms with E-state index in [0.29, 0.717) is 11.5 Å². The van der Waals surface area contributed by atoms with Crippen molar-refractivity contribution in [2.24, 2.45) is 0 Å². The van der Waals surface area contributed by atoms with Crippen LogP contribution >= 0.6 is 0 Å². The van der Waals surface area contributed by atoms with E-state index in [-0.39, 0.29) is 12.3 Å². The molecule has 1 aromatic carbocycles. The lowest BCUT2D eigenvalue weighted by molar-refractivity contribution is 0.281. The van der Waals surface area contributed by atoms with Crippen LogP contribution in [0.2, 0.25) is 0 Å². The van der Waals surface area contributed by atoms with Crippen molar-refractivity contribution in [3.05, 3.63) is 53.9 Å². The second kappa shape index (κ2) is 5.10. The third-order valence-electron chi connectivity index (χ3n) is 2.19. The Balaban J connectivity index is 2.28. The van der Waals surface area contributed by atoms with Crippen molar-refractivity contribution in [3.63, 3.8) is 0 Å². The molecule has 4 heteroatoms. The van der Waals surface area contributed by atoms with Crippen molar-refractivity contribution in [1.29, 1.82) is 5.26 Å². The lowest BCUT2D eigenvalue weighted by Crippen LogP contribution is -1.91. The van der Waals surface area contributed by atoms with E-state index < -0.39 is 0 Å².